The number of aryl methyl sites for hydroxylation is 1. The van der Waals surface area contributed by atoms with Crippen LogP contribution >= 0.6 is 0 Å². The largest absolute Gasteiger partial charge is 0.366 e. The minimum Gasteiger partial charge on any atom is -0.366 e. The Hall–Kier alpha value is -2.94. The third-order valence-corrected chi connectivity index (χ3v) is 6.43. The highest BCUT2D eigenvalue weighted by atomic mass is 16.1. The van der Waals surface area contributed by atoms with Gasteiger partial charge in [-0.25, -0.2) is 0 Å². The van der Waals surface area contributed by atoms with Crippen LogP contribution in [0.25, 0.3) is 0 Å². The molecule has 2 heterocycles. The smallest absolute Gasteiger partial charge is 0.248 e. The molecule has 9 nitrogen and oxygen atoms in total. The minimum absolute atomic E-state index is 0.0769. The summed E-state index contributed by atoms with van der Waals surface area (Å²) >= 11 is 0. The third-order valence-electron chi connectivity index (χ3n) is 6.43. The Bertz CT molecular complexity index is 1050. The zero-order valence-corrected chi connectivity index (χ0v) is 23.2. The van der Waals surface area contributed by atoms with Gasteiger partial charge in [0.2, 0.25) is 23.8 Å². The van der Waals surface area contributed by atoms with E-state index in [2.05, 4.69) is 62.0 Å². The number of nitrogens with one attached hydrogen (secondary N) is 2. The zero-order valence-electron chi connectivity index (χ0n) is 23.2. The van der Waals surface area contributed by atoms with Crippen LogP contribution < -0.4 is 21.3 Å². The van der Waals surface area contributed by atoms with Gasteiger partial charge in [-0.2, -0.15) is 15.0 Å². The summed E-state index contributed by atoms with van der Waals surface area (Å²) in [7, 11) is 2.00. The SMILES string of the molecule is Cc1ccc(C(N)=O)cc1Nc1nc(N[C@H]2CCN(C(C)CC(C)C)C2)nc(N(C)CC(C)(C)C)n1. The molecular formula is C27H44N8O. The van der Waals surface area contributed by atoms with Gasteiger partial charge < -0.3 is 21.3 Å². The molecular weight excluding hydrogens is 452 g/mol. The second-order valence-electron chi connectivity index (χ2n) is 11.8. The maximum Gasteiger partial charge on any atom is 0.248 e. The molecule has 0 saturated carbocycles. The summed E-state index contributed by atoms with van der Waals surface area (Å²) in [4.78, 5) is 30.5. The molecule has 0 spiro atoms. The van der Waals surface area contributed by atoms with Gasteiger partial charge in [-0.3, -0.25) is 9.69 Å². The van der Waals surface area contributed by atoms with Crippen LogP contribution in [0.4, 0.5) is 23.5 Å². The van der Waals surface area contributed by atoms with Crippen molar-refractivity contribution in [1.29, 1.82) is 0 Å². The molecule has 9 heteroatoms. The van der Waals surface area contributed by atoms with Gasteiger partial charge in [0, 0.05) is 50.0 Å². The lowest BCUT2D eigenvalue weighted by Crippen LogP contribution is -2.34. The Balaban J connectivity index is 1.85. The van der Waals surface area contributed by atoms with Crippen molar-refractivity contribution >= 4 is 29.4 Å². The molecule has 2 atom stereocenters. The van der Waals surface area contributed by atoms with Crippen molar-refractivity contribution < 1.29 is 4.79 Å². The number of amides is 1. The number of benzene rings is 1. The number of carbonyl (C=O) groups excluding carboxylic acids is 1. The summed E-state index contributed by atoms with van der Waals surface area (Å²) in [6.07, 6.45) is 2.24. The van der Waals surface area contributed by atoms with E-state index in [1.54, 1.807) is 12.1 Å². The number of likely N-dealkylation sites (tertiary alicyclic amines) is 1. The van der Waals surface area contributed by atoms with E-state index in [1.165, 1.54) is 6.42 Å². The van der Waals surface area contributed by atoms with Crippen LogP contribution in [0.2, 0.25) is 0 Å². The Morgan fingerprint density at radius 2 is 1.89 bits per heavy atom. The number of nitrogens with two attached hydrogens (primary N) is 1. The molecule has 0 radical (unpaired) electrons. The zero-order chi connectivity index (χ0) is 26.6. The average molecular weight is 497 g/mol. The van der Waals surface area contributed by atoms with Crippen molar-refractivity contribution in [3.8, 4) is 0 Å². The number of hydrogen-bond acceptors (Lipinski definition) is 8. The fourth-order valence-corrected chi connectivity index (χ4v) is 4.79. The quantitative estimate of drug-likeness (QED) is 0.443. The van der Waals surface area contributed by atoms with Gasteiger partial charge in [0.1, 0.15) is 0 Å². The molecule has 1 fully saturated rings. The summed E-state index contributed by atoms with van der Waals surface area (Å²) in [5, 5.41) is 6.86. The molecule has 1 aliphatic rings. The molecule has 0 aliphatic carbocycles. The lowest BCUT2D eigenvalue weighted by atomic mass is 9.96. The molecule has 1 amide bonds. The Morgan fingerprint density at radius 3 is 2.53 bits per heavy atom. The van der Waals surface area contributed by atoms with Gasteiger partial charge in [-0.05, 0) is 55.7 Å². The number of rotatable bonds is 10. The Kier molecular flexibility index (Phi) is 8.76. The van der Waals surface area contributed by atoms with Crippen molar-refractivity contribution in [1.82, 2.24) is 19.9 Å². The molecule has 1 unspecified atom stereocenters. The fourth-order valence-electron chi connectivity index (χ4n) is 4.79. The van der Waals surface area contributed by atoms with Crippen LogP contribution in [0, 0.1) is 18.3 Å². The molecule has 1 saturated heterocycles. The second kappa shape index (κ2) is 11.4. The van der Waals surface area contributed by atoms with Crippen LogP contribution in [0.5, 0.6) is 0 Å². The molecule has 1 aromatic carbocycles. The Labute approximate surface area is 216 Å². The molecule has 198 valence electrons. The van der Waals surface area contributed by atoms with Crippen LogP contribution in [0.15, 0.2) is 18.2 Å². The maximum absolute atomic E-state index is 11.7. The molecule has 36 heavy (non-hydrogen) atoms. The van der Waals surface area contributed by atoms with E-state index in [0.29, 0.717) is 35.4 Å². The first-order valence-corrected chi connectivity index (χ1v) is 13.0. The van der Waals surface area contributed by atoms with Gasteiger partial charge in [0.25, 0.3) is 0 Å². The second-order valence-corrected chi connectivity index (χ2v) is 11.8. The van der Waals surface area contributed by atoms with E-state index < -0.39 is 5.91 Å². The van der Waals surface area contributed by atoms with Crippen LogP contribution in [0.3, 0.4) is 0 Å². The number of hydrogen-bond donors (Lipinski definition) is 3. The summed E-state index contributed by atoms with van der Waals surface area (Å²) in [6.45, 7) is 18.2. The number of aromatic nitrogens is 3. The standard InChI is InChI=1S/C27H44N8O/c1-17(2)13-19(4)35-12-11-21(15-35)29-24-31-25(33-26(32-24)34(8)16-27(5,6)7)30-22-14-20(23(28)36)10-9-18(22)3/h9-10,14,17,19,21H,11-13,15-16H2,1-8H3,(H2,28,36)(H2,29,30,31,32,33)/t19?,21-/m0/s1. The fraction of sp³-hybridized carbons (Fsp3) is 0.630. The first-order chi connectivity index (χ1) is 16.8. The lowest BCUT2D eigenvalue weighted by Gasteiger charge is -2.27. The topological polar surface area (TPSA) is 112 Å². The first kappa shape index (κ1) is 27.6. The molecule has 1 aromatic heterocycles. The molecule has 4 N–H and O–H groups in total. The van der Waals surface area contributed by atoms with Gasteiger partial charge in [-0.15, -0.1) is 0 Å². The van der Waals surface area contributed by atoms with Crippen LogP contribution in [-0.2, 0) is 0 Å². The van der Waals surface area contributed by atoms with Crippen molar-refractivity contribution in [3.63, 3.8) is 0 Å². The van der Waals surface area contributed by atoms with E-state index in [9.17, 15) is 4.79 Å². The van der Waals surface area contributed by atoms with Crippen molar-refractivity contribution in [3.05, 3.63) is 29.3 Å². The average Bonchev–Trinajstić information content (AvgIpc) is 3.22. The highest BCUT2D eigenvalue weighted by molar-refractivity contribution is 5.94. The van der Waals surface area contributed by atoms with Gasteiger partial charge in [0.05, 0.1) is 0 Å². The predicted octanol–water partition coefficient (Wildman–Crippen LogP) is 4.43. The molecule has 3 rings (SSSR count). The van der Waals surface area contributed by atoms with E-state index in [1.807, 2.05) is 20.0 Å². The summed E-state index contributed by atoms with van der Waals surface area (Å²) < 4.78 is 0. The van der Waals surface area contributed by atoms with Crippen LogP contribution in [-0.4, -0.2) is 64.5 Å². The highest BCUT2D eigenvalue weighted by Gasteiger charge is 2.27. The number of nitrogens with zero attached hydrogens (tertiary/aromatic N) is 5. The van der Waals surface area contributed by atoms with Gasteiger partial charge in [-0.1, -0.05) is 40.7 Å². The monoisotopic (exact) mass is 496 g/mol. The summed E-state index contributed by atoms with van der Waals surface area (Å²) in [5.74, 6) is 1.78. The number of carbonyl (C=O) groups is 1. The summed E-state index contributed by atoms with van der Waals surface area (Å²) in [6, 6.07) is 6.15. The third kappa shape index (κ3) is 7.78. The minimum atomic E-state index is -0.473. The van der Waals surface area contributed by atoms with E-state index in [0.717, 1.165) is 37.3 Å². The first-order valence-electron chi connectivity index (χ1n) is 13.0. The van der Waals surface area contributed by atoms with Crippen LogP contribution in [0.1, 0.15) is 70.3 Å². The van der Waals surface area contributed by atoms with Gasteiger partial charge >= 0.3 is 0 Å². The van der Waals surface area contributed by atoms with E-state index in [-0.39, 0.29) is 11.5 Å². The molecule has 0 bridgehead atoms. The highest BCUT2D eigenvalue weighted by Crippen LogP contribution is 2.25. The lowest BCUT2D eigenvalue weighted by molar-refractivity contribution is 0.100. The van der Waals surface area contributed by atoms with Crippen molar-refractivity contribution in [2.75, 3.05) is 42.2 Å². The number of anilines is 4. The maximum atomic E-state index is 11.7. The predicted molar refractivity (Wildman–Crippen MR) is 148 cm³/mol. The normalized spacial score (nSPS) is 17.3. The molecule has 1 aliphatic heterocycles. The molecule has 2 aromatic rings. The van der Waals surface area contributed by atoms with Crippen molar-refractivity contribution in [2.24, 2.45) is 17.1 Å². The number of primary amides is 1. The van der Waals surface area contributed by atoms with Crippen molar-refractivity contribution in [2.45, 2.75) is 73.4 Å². The summed E-state index contributed by atoms with van der Waals surface area (Å²) in [5.41, 5.74) is 7.71. The van der Waals surface area contributed by atoms with Gasteiger partial charge in [0.15, 0.2) is 0 Å². The van der Waals surface area contributed by atoms with E-state index >= 15 is 0 Å². The Morgan fingerprint density at radius 1 is 1.19 bits per heavy atom. The van der Waals surface area contributed by atoms with E-state index in [4.69, 9.17) is 20.7 Å².